The molecule has 5 N–H and O–H groups in total. The Labute approximate surface area is 64.9 Å². The normalized spacial score (nSPS) is 12.9. The molecule has 60 valence electrons. The zero-order valence-electron chi connectivity index (χ0n) is 6.07. The first kappa shape index (κ1) is 7.97. The molecule has 0 aliphatic rings. The second kappa shape index (κ2) is 3.32. The summed E-state index contributed by atoms with van der Waals surface area (Å²) in [5.74, 6) is 0.423. The van der Waals surface area contributed by atoms with E-state index in [1.807, 2.05) is 0 Å². The van der Waals surface area contributed by atoms with Crippen molar-refractivity contribution in [2.24, 2.45) is 5.73 Å². The fraction of sp³-hybridized carbons (Fsp3) is 0.286. The van der Waals surface area contributed by atoms with Crippen molar-refractivity contribution in [1.82, 2.24) is 4.98 Å². The van der Waals surface area contributed by atoms with Gasteiger partial charge >= 0.3 is 0 Å². The molecular formula is C7H11N3O. The van der Waals surface area contributed by atoms with E-state index in [9.17, 15) is 0 Å². The zero-order valence-corrected chi connectivity index (χ0v) is 6.07. The smallest absolute Gasteiger partial charge is 0.123 e. The first-order valence-electron chi connectivity index (χ1n) is 3.33. The molecule has 0 aliphatic carbocycles. The summed E-state index contributed by atoms with van der Waals surface area (Å²) >= 11 is 0. The highest BCUT2D eigenvalue weighted by Gasteiger charge is 2.04. The van der Waals surface area contributed by atoms with Crippen LogP contribution in [0.2, 0.25) is 0 Å². The van der Waals surface area contributed by atoms with Crippen molar-refractivity contribution in [1.29, 1.82) is 0 Å². The van der Waals surface area contributed by atoms with Crippen LogP contribution in [0.1, 0.15) is 11.7 Å². The highest BCUT2D eigenvalue weighted by atomic mass is 16.3. The van der Waals surface area contributed by atoms with E-state index < -0.39 is 6.04 Å². The summed E-state index contributed by atoms with van der Waals surface area (Å²) < 4.78 is 0. The summed E-state index contributed by atoms with van der Waals surface area (Å²) in [7, 11) is 0. The van der Waals surface area contributed by atoms with Gasteiger partial charge in [-0.3, -0.25) is 0 Å². The fourth-order valence-electron chi connectivity index (χ4n) is 0.769. The van der Waals surface area contributed by atoms with Crippen molar-refractivity contribution in [3.8, 4) is 0 Å². The van der Waals surface area contributed by atoms with Gasteiger partial charge in [0.2, 0.25) is 0 Å². The monoisotopic (exact) mass is 153 g/mol. The molecule has 1 atom stereocenters. The van der Waals surface area contributed by atoms with E-state index >= 15 is 0 Å². The Hall–Kier alpha value is -1.13. The van der Waals surface area contributed by atoms with Crippen LogP contribution in [0.25, 0.3) is 0 Å². The highest BCUT2D eigenvalue weighted by molar-refractivity contribution is 5.29. The van der Waals surface area contributed by atoms with Crippen LogP contribution in [-0.4, -0.2) is 16.7 Å². The first-order chi connectivity index (χ1) is 5.24. The minimum Gasteiger partial charge on any atom is -0.394 e. The number of aromatic nitrogens is 1. The Kier molecular flexibility index (Phi) is 2.40. The molecule has 4 nitrogen and oxygen atoms in total. The minimum absolute atomic E-state index is 0.115. The van der Waals surface area contributed by atoms with Crippen LogP contribution in [-0.2, 0) is 0 Å². The molecular weight excluding hydrogens is 142 g/mol. The van der Waals surface area contributed by atoms with Crippen LogP contribution in [0.3, 0.4) is 0 Å². The number of hydrogen-bond acceptors (Lipinski definition) is 4. The van der Waals surface area contributed by atoms with E-state index in [0.717, 1.165) is 0 Å². The van der Waals surface area contributed by atoms with Crippen LogP contribution in [0.15, 0.2) is 18.2 Å². The molecule has 0 fully saturated rings. The van der Waals surface area contributed by atoms with Gasteiger partial charge in [-0.15, -0.1) is 0 Å². The van der Waals surface area contributed by atoms with Gasteiger partial charge in [0.25, 0.3) is 0 Å². The lowest BCUT2D eigenvalue weighted by Gasteiger charge is -2.06. The Bertz CT molecular complexity index is 239. The lowest BCUT2D eigenvalue weighted by molar-refractivity contribution is 0.266. The summed E-state index contributed by atoms with van der Waals surface area (Å²) in [5, 5.41) is 8.67. The average molecular weight is 153 g/mol. The molecule has 11 heavy (non-hydrogen) atoms. The Morgan fingerprint density at radius 2 is 2.27 bits per heavy atom. The van der Waals surface area contributed by atoms with Crippen molar-refractivity contribution in [3.05, 3.63) is 23.9 Å². The minimum atomic E-state index is -0.432. The van der Waals surface area contributed by atoms with Crippen molar-refractivity contribution >= 4 is 5.82 Å². The number of rotatable bonds is 2. The molecule has 0 saturated carbocycles. The van der Waals surface area contributed by atoms with E-state index in [0.29, 0.717) is 11.5 Å². The second-order valence-corrected chi connectivity index (χ2v) is 2.28. The molecule has 0 spiro atoms. The standard InChI is InChI=1S/C7H11N3O/c8-5(4-11)6-2-1-3-7(9)10-6/h1-3,5,11H,4,8H2,(H2,9,10)/t5-/m1/s1. The van der Waals surface area contributed by atoms with Gasteiger partial charge in [-0.05, 0) is 12.1 Å². The van der Waals surface area contributed by atoms with E-state index in [-0.39, 0.29) is 6.61 Å². The zero-order chi connectivity index (χ0) is 8.27. The molecule has 0 amide bonds. The number of nitrogens with zero attached hydrogens (tertiary/aromatic N) is 1. The van der Waals surface area contributed by atoms with Crippen molar-refractivity contribution in [2.45, 2.75) is 6.04 Å². The lowest BCUT2D eigenvalue weighted by Crippen LogP contribution is -2.16. The van der Waals surface area contributed by atoms with Crippen molar-refractivity contribution < 1.29 is 5.11 Å². The first-order valence-corrected chi connectivity index (χ1v) is 3.33. The Morgan fingerprint density at radius 1 is 1.55 bits per heavy atom. The third-order valence-electron chi connectivity index (χ3n) is 1.37. The fourth-order valence-corrected chi connectivity index (χ4v) is 0.769. The lowest BCUT2D eigenvalue weighted by atomic mass is 10.2. The predicted molar refractivity (Wildman–Crippen MR) is 42.7 cm³/mol. The van der Waals surface area contributed by atoms with E-state index in [1.54, 1.807) is 18.2 Å². The van der Waals surface area contributed by atoms with Crippen LogP contribution in [0, 0.1) is 0 Å². The molecule has 0 aliphatic heterocycles. The molecule has 1 aromatic heterocycles. The highest BCUT2D eigenvalue weighted by Crippen LogP contribution is 2.07. The molecule has 0 aromatic carbocycles. The van der Waals surface area contributed by atoms with E-state index in [2.05, 4.69) is 4.98 Å². The maximum atomic E-state index is 8.67. The summed E-state index contributed by atoms with van der Waals surface area (Å²) in [4.78, 5) is 3.94. The maximum Gasteiger partial charge on any atom is 0.123 e. The van der Waals surface area contributed by atoms with Gasteiger partial charge in [-0.2, -0.15) is 0 Å². The van der Waals surface area contributed by atoms with Crippen LogP contribution in [0.4, 0.5) is 5.82 Å². The van der Waals surface area contributed by atoms with Gasteiger partial charge in [0, 0.05) is 0 Å². The molecule has 0 radical (unpaired) electrons. The average Bonchev–Trinajstić information content (AvgIpc) is 2.03. The SMILES string of the molecule is Nc1cccc([C@H](N)CO)n1. The summed E-state index contributed by atoms with van der Waals surface area (Å²) in [6, 6.07) is 4.73. The summed E-state index contributed by atoms with van der Waals surface area (Å²) in [6.07, 6.45) is 0. The number of anilines is 1. The van der Waals surface area contributed by atoms with Gasteiger partial charge in [0.05, 0.1) is 18.3 Å². The molecule has 0 saturated heterocycles. The predicted octanol–water partition coefficient (Wildman–Crippen LogP) is -0.344. The van der Waals surface area contributed by atoms with Crippen molar-refractivity contribution in [3.63, 3.8) is 0 Å². The quantitative estimate of drug-likeness (QED) is 0.542. The third kappa shape index (κ3) is 1.89. The van der Waals surface area contributed by atoms with Crippen LogP contribution >= 0.6 is 0 Å². The number of nitrogens with two attached hydrogens (primary N) is 2. The van der Waals surface area contributed by atoms with Gasteiger partial charge in [0.1, 0.15) is 5.82 Å². The number of hydrogen-bond donors (Lipinski definition) is 3. The van der Waals surface area contributed by atoms with E-state index in [4.69, 9.17) is 16.6 Å². The largest absolute Gasteiger partial charge is 0.394 e. The number of aliphatic hydroxyl groups excluding tert-OH is 1. The van der Waals surface area contributed by atoms with Gasteiger partial charge in [0.15, 0.2) is 0 Å². The molecule has 4 heteroatoms. The molecule has 1 aromatic rings. The topological polar surface area (TPSA) is 85.2 Å². The molecule has 1 heterocycles. The number of aliphatic hydroxyl groups is 1. The van der Waals surface area contributed by atoms with Gasteiger partial charge < -0.3 is 16.6 Å². The van der Waals surface area contributed by atoms with Crippen LogP contribution < -0.4 is 11.5 Å². The van der Waals surface area contributed by atoms with Crippen molar-refractivity contribution in [2.75, 3.05) is 12.3 Å². The second-order valence-electron chi connectivity index (χ2n) is 2.28. The third-order valence-corrected chi connectivity index (χ3v) is 1.37. The molecule has 0 bridgehead atoms. The number of nitrogen functional groups attached to an aromatic ring is 1. The van der Waals surface area contributed by atoms with E-state index in [1.165, 1.54) is 0 Å². The van der Waals surface area contributed by atoms with Gasteiger partial charge in [-0.1, -0.05) is 6.07 Å². The summed E-state index contributed by atoms with van der Waals surface area (Å²) in [6.45, 7) is -0.115. The number of pyridine rings is 1. The molecule has 0 unspecified atom stereocenters. The summed E-state index contributed by atoms with van der Waals surface area (Å²) in [5.41, 5.74) is 11.5. The van der Waals surface area contributed by atoms with Gasteiger partial charge in [-0.25, -0.2) is 4.98 Å². The van der Waals surface area contributed by atoms with Crippen LogP contribution in [0.5, 0.6) is 0 Å². The Balaban J connectivity index is 2.86. The Morgan fingerprint density at radius 3 is 2.82 bits per heavy atom. The maximum absolute atomic E-state index is 8.67. The molecule has 1 rings (SSSR count).